The number of primary amides is 1. The quantitative estimate of drug-likeness (QED) is 0.623. The number of nitrogens with one attached hydrogen (secondary N) is 1. The van der Waals surface area contributed by atoms with Crippen molar-refractivity contribution in [3.05, 3.63) is 0 Å². The van der Waals surface area contributed by atoms with E-state index in [1.165, 1.54) is 4.90 Å². The molecule has 2 unspecified atom stereocenters. The molecule has 0 bridgehead atoms. The molecule has 3 amide bonds. The lowest BCUT2D eigenvalue weighted by Gasteiger charge is -2.29. The van der Waals surface area contributed by atoms with Crippen LogP contribution in [0.2, 0.25) is 0 Å². The standard InChI is InChI=1S/C11H21N3O4/c1-6(2)7(3)14(4)11(18)13-8(10(16)17)5-9(12)15/h6-8H,5H2,1-4H3,(H2,12,15)(H,13,18)(H,16,17). The number of amides is 3. The van der Waals surface area contributed by atoms with E-state index < -0.39 is 30.4 Å². The minimum atomic E-state index is -1.29. The molecular formula is C11H21N3O4. The van der Waals surface area contributed by atoms with Gasteiger partial charge in [-0.15, -0.1) is 0 Å². The molecule has 0 saturated heterocycles. The van der Waals surface area contributed by atoms with Crippen molar-refractivity contribution in [2.45, 2.75) is 39.3 Å². The van der Waals surface area contributed by atoms with E-state index in [2.05, 4.69) is 5.32 Å². The third kappa shape index (κ3) is 5.03. The van der Waals surface area contributed by atoms with E-state index in [1.807, 2.05) is 20.8 Å². The SMILES string of the molecule is CC(C)C(C)N(C)C(=O)NC(CC(N)=O)C(=O)O. The highest BCUT2D eigenvalue weighted by Crippen LogP contribution is 2.08. The normalized spacial score (nSPS) is 13.8. The zero-order chi connectivity index (χ0) is 14.5. The second-order valence-corrected chi connectivity index (χ2v) is 4.61. The van der Waals surface area contributed by atoms with Crippen molar-refractivity contribution in [3.63, 3.8) is 0 Å². The number of carbonyl (C=O) groups is 3. The van der Waals surface area contributed by atoms with Gasteiger partial charge in [-0.1, -0.05) is 13.8 Å². The molecule has 0 saturated carbocycles. The number of nitrogens with zero attached hydrogens (tertiary/aromatic N) is 1. The first-order valence-corrected chi connectivity index (χ1v) is 5.71. The summed E-state index contributed by atoms with van der Waals surface area (Å²) in [5.74, 6) is -1.82. The molecule has 0 aliphatic carbocycles. The first kappa shape index (κ1) is 16.2. The molecule has 2 atom stereocenters. The number of urea groups is 1. The van der Waals surface area contributed by atoms with Gasteiger partial charge in [-0.2, -0.15) is 0 Å². The average Bonchev–Trinajstić information content (AvgIpc) is 2.24. The number of aliphatic carboxylic acids is 1. The van der Waals surface area contributed by atoms with E-state index >= 15 is 0 Å². The van der Waals surface area contributed by atoms with Gasteiger partial charge < -0.3 is 21.1 Å². The Hall–Kier alpha value is -1.79. The molecule has 0 aromatic carbocycles. The highest BCUT2D eigenvalue weighted by atomic mass is 16.4. The molecule has 7 heteroatoms. The fourth-order valence-electron chi connectivity index (χ4n) is 1.28. The maximum Gasteiger partial charge on any atom is 0.326 e. The van der Waals surface area contributed by atoms with Crippen molar-refractivity contribution in [1.29, 1.82) is 0 Å². The van der Waals surface area contributed by atoms with Crippen LogP contribution < -0.4 is 11.1 Å². The molecule has 0 aliphatic heterocycles. The minimum Gasteiger partial charge on any atom is -0.480 e. The average molecular weight is 259 g/mol. The summed E-state index contributed by atoms with van der Waals surface area (Å²) in [5.41, 5.74) is 4.92. The highest BCUT2D eigenvalue weighted by Gasteiger charge is 2.25. The van der Waals surface area contributed by atoms with Crippen molar-refractivity contribution < 1.29 is 19.5 Å². The smallest absolute Gasteiger partial charge is 0.326 e. The Bertz CT molecular complexity index is 330. The van der Waals surface area contributed by atoms with E-state index in [-0.39, 0.29) is 12.0 Å². The Balaban J connectivity index is 4.60. The molecule has 0 aliphatic rings. The molecule has 0 radical (unpaired) electrons. The molecule has 4 N–H and O–H groups in total. The summed E-state index contributed by atoms with van der Waals surface area (Å²) >= 11 is 0. The summed E-state index contributed by atoms with van der Waals surface area (Å²) in [6, 6.07) is -1.88. The van der Waals surface area contributed by atoms with Crippen LogP contribution >= 0.6 is 0 Å². The van der Waals surface area contributed by atoms with Gasteiger partial charge in [-0.3, -0.25) is 4.79 Å². The largest absolute Gasteiger partial charge is 0.480 e. The van der Waals surface area contributed by atoms with Gasteiger partial charge in [0.25, 0.3) is 0 Å². The fourth-order valence-corrected chi connectivity index (χ4v) is 1.28. The van der Waals surface area contributed by atoms with Crippen molar-refractivity contribution >= 4 is 17.9 Å². The predicted octanol–water partition coefficient (Wildman–Crippen LogP) is 0.000900. The van der Waals surface area contributed by atoms with Gasteiger partial charge in [-0.05, 0) is 12.8 Å². The number of hydrogen-bond donors (Lipinski definition) is 3. The minimum absolute atomic E-state index is 0.0481. The summed E-state index contributed by atoms with van der Waals surface area (Å²) in [6.07, 6.45) is -0.426. The lowest BCUT2D eigenvalue weighted by atomic mass is 10.1. The van der Waals surface area contributed by atoms with Crippen LogP contribution in [-0.4, -0.2) is 47.0 Å². The molecule has 18 heavy (non-hydrogen) atoms. The van der Waals surface area contributed by atoms with E-state index in [1.54, 1.807) is 7.05 Å². The van der Waals surface area contributed by atoms with Gasteiger partial charge in [0.2, 0.25) is 5.91 Å². The van der Waals surface area contributed by atoms with E-state index in [9.17, 15) is 14.4 Å². The Morgan fingerprint density at radius 3 is 2.11 bits per heavy atom. The predicted molar refractivity (Wildman–Crippen MR) is 65.8 cm³/mol. The van der Waals surface area contributed by atoms with E-state index in [4.69, 9.17) is 10.8 Å². The molecule has 0 spiro atoms. The van der Waals surface area contributed by atoms with Gasteiger partial charge in [0.15, 0.2) is 0 Å². The third-order valence-electron chi connectivity index (χ3n) is 2.90. The summed E-state index contributed by atoms with van der Waals surface area (Å²) in [7, 11) is 1.57. The van der Waals surface area contributed by atoms with Crippen molar-refractivity contribution in [3.8, 4) is 0 Å². The maximum absolute atomic E-state index is 11.8. The molecule has 104 valence electrons. The topological polar surface area (TPSA) is 113 Å². The number of hydrogen-bond acceptors (Lipinski definition) is 3. The van der Waals surface area contributed by atoms with Crippen molar-refractivity contribution in [2.75, 3.05) is 7.05 Å². The molecule has 7 nitrogen and oxygen atoms in total. The number of nitrogens with two attached hydrogens (primary N) is 1. The Labute approximate surface area is 106 Å². The summed E-state index contributed by atoms with van der Waals surface area (Å²) in [6.45, 7) is 5.76. The Morgan fingerprint density at radius 2 is 1.78 bits per heavy atom. The fraction of sp³-hybridized carbons (Fsp3) is 0.727. The van der Waals surface area contributed by atoms with Crippen LogP contribution in [0.15, 0.2) is 0 Å². The third-order valence-corrected chi connectivity index (χ3v) is 2.90. The summed E-state index contributed by atoms with van der Waals surface area (Å²) in [4.78, 5) is 34.7. The number of rotatable bonds is 6. The summed E-state index contributed by atoms with van der Waals surface area (Å²) < 4.78 is 0. The van der Waals surface area contributed by atoms with Crippen LogP contribution in [0.1, 0.15) is 27.2 Å². The second-order valence-electron chi connectivity index (χ2n) is 4.61. The van der Waals surface area contributed by atoms with Gasteiger partial charge in [0, 0.05) is 13.1 Å². The van der Waals surface area contributed by atoms with Gasteiger partial charge in [0.1, 0.15) is 6.04 Å². The van der Waals surface area contributed by atoms with E-state index in [0.29, 0.717) is 0 Å². The zero-order valence-corrected chi connectivity index (χ0v) is 11.1. The van der Waals surface area contributed by atoms with Crippen LogP contribution in [0.25, 0.3) is 0 Å². The van der Waals surface area contributed by atoms with E-state index in [0.717, 1.165) is 0 Å². The molecular weight excluding hydrogens is 238 g/mol. The van der Waals surface area contributed by atoms with Gasteiger partial charge in [0.05, 0.1) is 6.42 Å². The summed E-state index contributed by atoms with van der Waals surface area (Å²) in [5, 5.41) is 11.1. The van der Waals surface area contributed by atoms with Crippen molar-refractivity contribution in [1.82, 2.24) is 10.2 Å². The van der Waals surface area contributed by atoms with Crippen LogP contribution in [0.5, 0.6) is 0 Å². The van der Waals surface area contributed by atoms with Crippen LogP contribution in [-0.2, 0) is 9.59 Å². The first-order chi connectivity index (χ1) is 8.16. The highest BCUT2D eigenvalue weighted by molar-refractivity contribution is 5.87. The lowest BCUT2D eigenvalue weighted by molar-refractivity contribution is -0.141. The lowest BCUT2D eigenvalue weighted by Crippen LogP contribution is -2.51. The maximum atomic E-state index is 11.8. The first-order valence-electron chi connectivity index (χ1n) is 5.71. The van der Waals surface area contributed by atoms with Crippen LogP contribution in [0.4, 0.5) is 4.79 Å². The number of carboxylic acid groups (broad SMARTS) is 1. The zero-order valence-electron chi connectivity index (χ0n) is 11.1. The molecule has 0 rings (SSSR count). The van der Waals surface area contributed by atoms with Gasteiger partial charge in [-0.25, -0.2) is 9.59 Å². The van der Waals surface area contributed by atoms with Crippen LogP contribution in [0, 0.1) is 5.92 Å². The van der Waals surface area contributed by atoms with Crippen LogP contribution in [0.3, 0.4) is 0 Å². The Morgan fingerprint density at radius 1 is 1.28 bits per heavy atom. The Kier molecular flexibility index (Phi) is 6.15. The number of carbonyl (C=O) groups excluding carboxylic acids is 2. The van der Waals surface area contributed by atoms with Crippen molar-refractivity contribution in [2.24, 2.45) is 11.7 Å². The number of carboxylic acids is 1. The molecule has 0 fully saturated rings. The molecule has 0 aromatic rings. The molecule has 0 aromatic heterocycles. The molecule has 0 heterocycles. The monoisotopic (exact) mass is 259 g/mol. The van der Waals surface area contributed by atoms with Gasteiger partial charge >= 0.3 is 12.0 Å². The second kappa shape index (κ2) is 6.83.